The number of nitrogens with zero attached hydrogens (tertiary/aromatic N) is 1. The van der Waals surface area contributed by atoms with Gasteiger partial charge in [-0.15, -0.1) is 0 Å². The molecule has 0 spiro atoms. The molecule has 0 N–H and O–H groups in total. The molecule has 0 bridgehead atoms. The van der Waals surface area contributed by atoms with Crippen molar-refractivity contribution >= 4 is 0 Å². The maximum absolute atomic E-state index is 13.5. The smallest absolute Gasteiger partial charge is 0.213 e. The fraction of sp³-hybridized carbons (Fsp3) is 0.545. The molecule has 3 heteroatoms. The van der Waals surface area contributed by atoms with Crippen molar-refractivity contribution in [1.82, 2.24) is 4.98 Å². The average Bonchev–Trinajstić information content (AvgIpc) is 2.18. The van der Waals surface area contributed by atoms with Crippen molar-refractivity contribution in [2.75, 3.05) is 7.11 Å². The summed E-state index contributed by atoms with van der Waals surface area (Å²) in [6.07, 6.45) is 0.837. The maximum atomic E-state index is 13.5. The third kappa shape index (κ3) is 2.03. The van der Waals surface area contributed by atoms with E-state index in [2.05, 4.69) is 4.98 Å². The number of rotatable bonds is 3. The van der Waals surface area contributed by atoms with Crippen LogP contribution in [0.15, 0.2) is 12.1 Å². The van der Waals surface area contributed by atoms with Gasteiger partial charge in [-0.25, -0.2) is 9.37 Å². The maximum Gasteiger partial charge on any atom is 0.213 e. The van der Waals surface area contributed by atoms with Crippen LogP contribution in [0.3, 0.4) is 0 Å². The van der Waals surface area contributed by atoms with Crippen molar-refractivity contribution in [2.45, 2.75) is 32.6 Å². The molecule has 1 rings (SSSR count). The van der Waals surface area contributed by atoms with Gasteiger partial charge in [-0.3, -0.25) is 0 Å². The average molecular weight is 197 g/mol. The summed E-state index contributed by atoms with van der Waals surface area (Å²) in [7, 11) is 1.53. The van der Waals surface area contributed by atoms with Gasteiger partial charge in [-0.05, 0) is 12.5 Å². The molecule has 1 heterocycles. The highest BCUT2D eigenvalue weighted by Crippen LogP contribution is 2.28. The second-order valence-corrected chi connectivity index (χ2v) is 3.92. The van der Waals surface area contributed by atoms with Gasteiger partial charge in [0.1, 0.15) is 5.82 Å². The number of methoxy groups -OCH3 is 1. The first-order valence-corrected chi connectivity index (χ1v) is 4.72. The summed E-state index contributed by atoms with van der Waals surface area (Å²) in [6.45, 7) is 5.95. The molecule has 1 aromatic rings. The van der Waals surface area contributed by atoms with Gasteiger partial charge >= 0.3 is 0 Å². The number of hydrogen-bond donors (Lipinski definition) is 0. The van der Waals surface area contributed by atoms with E-state index in [1.165, 1.54) is 19.2 Å². The van der Waals surface area contributed by atoms with Crippen LogP contribution in [0.2, 0.25) is 0 Å². The Hall–Kier alpha value is -1.12. The van der Waals surface area contributed by atoms with Crippen LogP contribution in [0.5, 0.6) is 5.88 Å². The Morgan fingerprint density at radius 1 is 1.43 bits per heavy atom. The lowest BCUT2D eigenvalue weighted by Gasteiger charge is -2.22. The quantitative estimate of drug-likeness (QED) is 0.743. The van der Waals surface area contributed by atoms with Crippen LogP contribution in [-0.4, -0.2) is 12.1 Å². The van der Waals surface area contributed by atoms with Crippen LogP contribution in [-0.2, 0) is 5.41 Å². The lowest BCUT2D eigenvalue weighted by molar-refractivity contribution is 0.380. The van der Waals surface area contributed by atoms with Crippen LogP contribution in [0.4, 0.5) is 4.39 Å². The van der Waals surface area contributed by atoms with Crippen molar-refractivity contribution in [3.63, 3.8) is 0 Å². The molecule has 78 valence electrons. The van der Waals surface area contributed by atoms with Gasteiger partial charge in [0, 0.05) is 11.5 Å². The minimum Gasteiger partial charge on any atom is -0.481 e. The Morgan fingerprint density at radius 2 is 2.07 bits per heavy atom. The normalized spacial score (nSPS) is 11.5. The van der Waals surface area contributed by atoms with Gasteiger partial charge in [-0.2, -0.15) is 0 Å². The summed E-state index contributed by atoms with van der Waals surface area (Å²) < 4.78 is 18.4. The van der Waals surface area contributed by atoms with E-state index in [9.17, 15) is 4.39 Å². The number of hydrogen-bond acceptors (Lipinski definition) is 2. The first kappa shape index (κ1) is 11.0. The monoisotopic (exact) mass is 197 g/mol. The molecule has 0 radical (unpaired) electrons. The summed E-state index contributed by atoms with van der Waals surface area (Å²) in [5, 5.41) is 0. The molecular weight excluding hydrogens is 181 g/mol. The Morgan fingerprint density at radius 3 is 2.57 bits per heavy atom. The lowest BCUT2D eigenvalue weighted by Crippen LogP contribution is -2.19. The van der Waals surface area contributed by atoms with Crippen LogP contribution in [0.25, 0.3) is 0 Å². The molecule has 0 saturated heterocycles. The van der Waals surface area contributed by atoms with E-state index in [4.69, 9.17) is 4.74 Å². The molecule has 0 saturated carbocycles. The molecule has 1 aromatic heterocycles. The fourth-order valence-electron chi connectivity index (χ4n) is 1.18. The van der Waals surface area contributed by atoms with E-state index in [-0.39, 0.29) is 11.2 Å². The molecule has 0 fully saturated rings. The van der Waals surface area contributed by atoms with Crippen molar-refractivity contribution < 1.29 is 9.13 Å². The first-order valence-electron chi connectivity index (χ1n) is 4.72. The largest absolute Gasteiger partial charge is 0.481 e. The molecule has 0 amide bonds. The van der Waals surface area contributed by atoms with E-state index in [1.807, 2.05) is 20.8 Å². The fourth-order valence-corrected chi connectivity index (χ4v) is 1.18. The van der Waals surface area contributed by atoms with Crippen LogP contribution in [0.1, 0.15) is 32.9 Å². The van der Waals surface area contributed by atoms with Gasteiger partial charge in [-0.1, -0.05) is 20.8 Å². The second kappa shape index (κ2) is 3.95. The molecule has 0 aromatic carbocycles. The zero-order chi connectivity index (χ0) is 10.8. The number of halogens is 1. The predicted molar refractivity (Wildman–Crippen MR) is 54.1 cm³/mol. The standard InChI is InChI=1S/C11H16FNO/c1-5-11(2,3)10-8(12)6-7-9(13-10)14-4/h6-7H,5H2,1-4H3. The minimum atomic E-state index is -0.266. The lowest BCUT2D eigenvalue weighted by atomic mass is 9.86. The highest BCUT2D eigenvalue weighted by Gasteiger charge is 2.24. The molecule has 2 nitrogen and oxygen atoms in total. The van der Waals surface area contributed by atoms with Gasteiger partial charge in [0.15, 0.2) is 0 Å². The molecule has 14 heavy (non-hydrogen) atoms. The van der Waals surface area contributed by atoms with Gasteiger partial charge < -0.3 is 4.74 Å². The van der Waals surface area contributed by atoms with Crippen LogP contribution < -0.4 is 4.74 Å². The third-order valence-corrected chi connectivity index (χ3v) is 2.55. The number of ether oxygens (including phenoxy) is 1. The van der Waals surface area contributed by atoms with E-state index in [0.717, 1.165) is 6.42 Å². The number of pyridine rings is 1. The van der Waals surface area contributed by atoms with E-state index < -0.39 is 0 Å². The van der Waals surface area contributed by atoms with Crippen LogP contribution >= 0.6 is 0 Å². The van der Waals surface area contributed by atoms with Gasteiger partial charge in [0.05, 0.1) is 12.8 Å². The second-order valence-electron chi connectivity index (χ2n) is 3.92. The molecule has 0 aliphatic carbocycles. The molecule has 0 atom stereocenters. The van der Waals surface area contributed by atoms with Crippen molar-refractivity contribution in [3.05, 3.63) is 23.6 Å². The van der Waals surface area contributed by atoms with Crippen molar-refractivity contribution in [3.8, 4) is 5.88 Å². The summed E-state index contributed by atoms with van der Waals surface area (Å²) >= 11 is 0. The number of aromatic nitrogens is 1. The Bertz CT molecular complexity index is 323. The van der Waals surface area contributed by atoms with Gasteiger partial charge in [0.25, 0.3) is 0 Å². The Balaban J connectivity index is 3.18. The summed E-state index contributed by atoms with van der Waals surface area (Å²) in [5.74, 6) is 0.195. The first-order chi connectivity index (χ1) is 6.51. The highest BCUT2D eigenvalue weighted by atomic mass is 19.1. The molecule has 0 aliphatic heterocycles. The third-order valence-electron chi connectivity index (χ3n) is 2.55. The zero-order valence-electron chi connectivity index (χ0n) is 9.10. The minimum absolute atomic E-state index is 0.251. The highest BCUT2D eigenvalue weighted by molar-refractivity contribution is 5.23. The summed E-state index contributed by atoms with van der Waals surface area (Å²) in [4.78, 5) is 4.14. The molecule has 0 unspecified atom stereocenters. The van der Waals surface area contributed by atoms with Gasteiger partial charge in [0.2, 0.25) is 5.88 Å². The van der Waals surface area contributed by atoms with Crippen molar-refractivity contribution in [1.29, 1.82) is 0 Å². The Labute approximate surface area is 84.1 Å². The zero-order valence-corrected chi connectivity index (χ0v) is 9.10. The van der Waals surface area contributed by atoms with Crippen LogP contribution in [0, 0.1) is 5.82 Å². The SMILES string of the molecule is CCC(C)(C)c1nc(OC)ccc1F. The molecule has 0 aliphatic rings. The van der Waals surface area contributed by atoms with E-state index in [1.54, 1.807) is 0 Å². The molecular formula is C11H16FNO. The Kier molecular flexibility index (Phi) is 3.09. The van der Waals surface area contributed by atoms with E-state index >= 15 is 0 Å². The predicted octanol–water partition coefficient (Wildman–Crippen LogP) is 2.92. The van der Waals surface area contributed by atoms with E-state index in [0.29, 0.717) is 11.6 Å². The van der Waals surface area contributed by atoms with Crippen molar-refractivity contribution in [2.24, 2.45) is 0 Å². The summed E-state index contributed by atoms with van der Waals surface area (Å²) in [6, 6.07) is 2.93. The summed E-state index contributed by atoms with van der Waals surface area (Å²) in [5.41, 5.74) is 0.220. The topological polar surface area (TPSA) is 22.1 Å².